The number of benzene rings is 1. The van der Waals surface area contributed by atoms with Crippen LogP contribution in [0.25, 0.3) is 0 Å². The molecule has 0 aliphatic heterocycles. The smallest absolute Gasteiger partial charge is 0.241 e. The Balaban J connectivity index is 2.74. The van der Waals surface area contributed by atoms with E-state index in [2.05, 4.69) is 21.2 Å². The van der Waals surface area contributed by atoms with Crippen LogP contribution in [0, 0.1) is 5.92 Å². The van der Waals surface area contributed by atoms with Gasteiger partial charge < -0.3 is 11.1 Å². The molecule has 1 aromatic rings. The van der Waals surface area contributed by atoms with Crippen LogP contribution >= 0.6 is 27.5 Å². The van der Waals surface area contributed by atoms with Crippen LogP contribution in [-0.2, 0) is 4.79 Å². The Hall–Kier alpha value is -0.580. The minimum absolute atomic E-state index is 0.143. The van der Waals surface area contributed by atoms with Crippen LogP contribution in [-0.4, -0.2) is 11.9 Å². The van der Waals surface area contributed by atoms with Crippen molar-refractivity contribution in [2.24, 2.45) is 11.7 Å². The zero-order valence-corrected chi connectivity index (χ0v) is 12.2. The van der Waals surface area contributed by atoms with E-state index in [0.717, 1.165) is 10.9 Å². The normalized spacial score (nSPS) is 14.2. The van der Waals surface area contributed by atoms with Gasteiger partial charge in [0.05, 0.1) is 16.8 Å². The minimum atomic E-state index is -0.514. The lowest BCUT2D eigenvalue weighted by molar-refractivity contribution is -0.118. The molecular formula is C12H16BrClN2O. The molecule has 0 aliphatic rings. The van der Waals surface area contributed by atoms with E-state index in [1.807, 2.05) is 19.9 Å². The molecule has 2 unspecified atom stereocenters. The second-order valence-electron chi connectivity index (χ2n) is 4.02. The Morgan fingerprint density at radius 2 is 2.24 bits per heavy atom. The summed E-state index contributed by atoms with van der Waals surface area (Å²) in [7, 11) is 0. The molecule has 0 spiro atoms. The number of anilines is 1. The fourth-order valence-electron chi connectivity index (χ4n) is 1.32. The Labute approximate surface area is 115 Å². The van der Waals surface area contributed by atoms with Crippen LogP contribution in [0.5, 0.6) is 0 Å². The summed E-state index contributed by atoms with van der Waals surface area (Å²) in [5.74, 6) is -0.0622. The summed E-state index contributed by atoms with van der Waals surface area (Å²) >= 11 is 9.31. The van der Waals surface area contributed by atoms with Gasteiger partial charge in [0.25, 0.3) is 0 Å². The first-order valence-corrected chi connectivity index (χ1v) is 6.64. The quantitative estimate of drug-likeness (QED) is 0.893. The van der Waals surface area contributed by atoms with Crippen LogP contribution in [0.2, 0.25) is 5.02 Å². The van der Waals surface area contributed by atoms with Crippen LogP contribution in [0.1, 0.15) is 20.3 Å². The molecule has 0 heterocycles. The van der Waals surface area contributed by atoms with Crippen molar-refractivity contribution >= 4 is 39.1 Å². The van der Waals surface area contributed by atoms with E-state index in [1.165, 1.54) is 0 Å². The van der Waals surface area contributed by atoms with Gasteiger partial charge in [-0.1, -0.05) is 47.8 Å². The van der Waals surface area contributed by atoms with E-state index in [4.69, 9.17) is 17.3 Å². The van der Waals surface area contributed by atoms with Crippen molar-refractivity contribution in [3.05, 3.63) is 27.7 Å². The molecule has 2 atom stereocenters. The molecule has 0 aliphatic carbocycles. The first-order chi connectivity index (χ1) is 7.95. The summed E-state index contributed by atoms with van der Waals surface area (Å²) in [6.07, 6.45) is 0.864. The lowest BCUT2D eigenvalue weighted by Gasteiger charge is -2.18. The SMILES string of the molecule is CCC(C)C(N)C(=O)Nc1ccc(Br)cc1Cl. The molecule has 3 N–H and O–H groups in total. The number of hydrogen-bond acceptors (Lipinski definition) is 2. The van der Waals surface area contributed by atoms with E-state index in [1.54, 1.807) is 12.1 Å². The van der Waals surface area contributed by atoms with Crippen molar-refractivity contribution in [3.8, 4) is 0 Å². The highest BCUT2D eigenvalue weighted by Crippen LogP contribution is 2.25. The molecule has 1 amide bonds. The van der Waals surface area contributed by atoms with E-state index >= 15 is 0 Å². The molecular weight excluding hydrogens is 304 g/mol. The first kappa shape index (κ1) is 14.5. The lowest BCUT2D eigenvalue weighted by atomic mass is 9.99. The van der Waals surface area contributed by atoms with Gasteiger partial charge in [0.2, 0.25) is 5.91 Å². The number of nitrogens with one attached hydrogen (secondary N) is 1. The number of amides is 1. The first-order valence-electron chi connectivity index (χ1n) is 5.47. The zero-order chi connectivity index (χ0) is 13.0. The van der Waals surface area contributed by atoms with E-state index in [0.29, 0.717) is 10.7 Å². The molecule has 1 aromatic carbocycles. The van der Waals surface area contributed by atoms with Crippen LogP contribution in [0.15, 0.2) is 22.7 Å². The molecule has 5 heteroatoms. The molecule has 0 aromatic heterocycles. The van der Waals surface area contributed by atoms with Gasteiger partial charge in [-0.15, -0.1) is 0 Å². The van der Waals surface area contributed by atoms with E-state index < -0.39 is 6.04 Å². The maximum Gasteiger partial charge on any atom is 0.241 e. The van der Waals surface area contributed by atoms with Gasteiger partial charge in [0.1, 0.15) is 0 Å². The maximum absolute atomic E-state index is 11.8. The van der Waals surface area contributed by atoms with Crippen molar-refractivity contribution in [2.75, 3.05) is 5.32 Å². The second kappa shape index (κ2) is 6.38. The Bertz CT molecular complexity index is 411. The molecule has 0 saturated carbocycles. The largest absolute Gasteiger partial charge is 0.323 e. The Morgan fingerprint density at radius 1 is 1.59 bits per heavy atom. The lowest BCUT2D eigenvalue weighted by Crippen LogP contribution is -2.40. The van der Waals surface area contributed by atoms with Gasteiger partial charge in [-0.3, -0.25) is 4.79 Å². The number of nitrogens with two attached hydrogens (primary N) is 1. The monoisotopic (exact) mass is 318 g/mol. The Morgan fingerprint density at radius 3 is 2.76 bits per heavy atom. The van der Waals surface area contributed by atoms with E-state index in [-0.39, 0.29) is 11.8 Å². The molecule has 0 bridgehead atoms. The minimum Gasteiger partial charge on any atom is -0.323 e. The summed E-state index contributed by atoms with van der Waals surface area (Å²) in [6, 6.07) is 4.77. The third-order valence-corrected chi connectivity index (χ3v) is 3.55. The predicted octanol–water partition coefficient (Wildman–Crippen LogP) is 3.41. The summed E-state index contributed by atoms with van der Waals surface area (Å²) in [5.41, 5.74) is 6.42. The summed E-state index contributed by atoms with van der Waals surface area (Å²) in [6.45, 7) is 3.96. The van der Waals surface area contributed by atoms with Crippen molar-refractivity contribution in [2.45, 2.75) is 26.3 Å². The molecule has 3 nitrogen and oxygen atoms in total. The van der Waals surface area contributed by atoms with Gasteiger partial charge in [-0.25, -0.2) is 0 Å². The van der Waals surface area contributed by atoms with Gasteiger partial charge in [0.15, 0.2) is 0 Å². The standard InChI is InChI=1S/C12H16BrClN2O/c1-3-7(2)11(15)12(17)16-10-5-4-8(13)6-9(10)14/h4-7,11H,3,15H2,1-2H3,(H,16,17). The third-order valence-electron chi connectivity index (χ3n) is 2.75. The molecule has 0 saturated heterocycles. The summed E-state index contributed by atoms with van der Waals surface area (Å²) in [4.78, 5) is 11.8. The number of carbonyl (C=O) groups is 1. The number of halogens is 2. The van der Waals surface area contributed by atoms with Crippen LogP contribution in [0.3, 0.4) is 0 Å². The van der Waals surface area contributed by atoms with Crippen LogP contribution < -0.4 is 11.1 Å². The highest BCUT2D eigenvalue weighted by Gasteiger charge is 2.20. The Kier molecular flexibility index (Phi) is 5.43. The highest BCUT2D eigenvalue weighted by molar-refractivity contribution is 9.10. The van der Waals surface area contributed by atoms with Crippen molar-refractivity contribution in [3.63, 3.8) is 0 Å². The summed E-state index contributed by atoms with van der Waals surface area (Å²) < 4.78 is 0.867. The number of carbonyl (C=O) groups excluding carboxylic acids is 1. The average molecular weight is 320 g/mol. The molecule has 17 heavy (non-hydrogen) atoms. The number of hydrogen-bond donors (Lipinski definition) is 2. The zero-order valence-electron chi connectivity index (χ0n) is 9.84. The van der Waals surface area contributed by atoms with Gasteiger partial charge >= 0.3 is 0 Å². The molecule has 0 fully saturated rings. The predicted molar refractivity (Wildman–Crippen MR) is 75.2 cm³/mol. The molecule has 94 valence electrons. The number of rotatable bonds is 4. The van der Waals surface area contributed by atoms with Crippen molar-refractivity contribution in [1.29, 1.82) is 0 Å². The molecule has 0 radical (unpaired) electrons. The average Bonchev–Trinajstić information content (AvgIpc) is 2.30. The van der Waals surface area contributed by atoms with Gasteiger partial charge in [-0.2, -0.15) is 0 Å². The van der Waals surface area contributed by atoms with Gasteiger partial charge in [0, 0.05) is 4.47 Å². The van der Waals surface area contributed by atoms with E-state index in [9.17, 15) is 4.79 Å². The summed E-state index contributed by atoms with van der Waals surface area (Å²) in [5, 5.41) is 3.23. The fraction of sp³-hybridized carbons (Fsp3) is 0.417. The van der Waals surface area contributed by atoms with Crippen LogP contribution in [0.4, 0.5) is 5.69 Å². The second-order valence-corrected chi connectivity index (χ2v) is 5.35. The third kappa shape index (κ3) is 3.98. The van der Waals surface area contributed by atoms with Gasteiger partial charge in [-0.05, 0) is 24.1 Å². The van der Waals surface area contributed by atoms with Crippen molar-refractivity contribution in [1.82, 2.24) is 0 Å². The highest BCUT2D eigenvalue weighted by atomic mass is 79.9. The fourth-order valence-corrected chi connectivity index (χ4v) is 2.04. The van der Waals surface area contributed by atoms with Crippen molar-refractivity contribution < 1.29 is 4.79 Å². The topological polar surface area (TPSA) is 55.1 Å². The maximum atomic E-state index is 11.8. The molecule has 1 rings (SSSR count).